The molecular formula is C34H32N6O3S2. The average molecular weight is 637 g/mol. The molecule has 0 fully saturated rings. The van der Waals surface area contributed by atoms with Gasteiger partial charge in [-0.25, -0.2) is 5.01 Å². The van der Waals surface area contributed by atoms with Gasteiger partial charge in [-0.3, -0.25) is 9.59 Å². The topological polar surface area (TPSA) is 102 Å². The Balaban J connectivity index is 1.20. The number of hydrazone groups is 1. The Morgan fingerprint density at radius 2 is 1.82 bits per heavy atom. The molecule has 3 heterocycles. The number of methoxy groups -OCH3 is 1. The fraction of sp³-hybridized carbons (Fsp3) is 0.206. The third kappa shape index (κ3) is 7.16. The average Bonchev–Trinajstić information content (AvgIpc) is 3.84. The number of thiophene rings is 1. The van der Waals surface area contributed by atoms with Crippen molar-refractivity contribution >= 4 is 40.6 Å². The van der Waals surface area contributed by atoms with Crippen molar-refractivity contribution < 1.29 is 14.3 Å². The molecule has 0 bridgehead atoms. The molecule has 1 atom stereocenters. The fourth-order valence-corrected chi connectivity index (χ4v) is 6.61. The number of carbonyl (C=O) groups is 2. The van der Waals surface area contributed by atoms with Gasteiger partial charge in [0.1, 0.15) is 5.75 Å². The number of aryl methyl sites for hydroxylation is 1. The van der Waals surface area contributed by atoms with E-state index in [1.165, 1.54) is 11.8 Å². The molecule has 2 aromatic heterocycles. The SMILES string of the molecule is COc1cccc(C(=O)NCc2nnc(SCC(=O)N3N=C(c4cccs4)C[C@@H]3c3ccc(C)cc3)n2Cc2ccccc2)c1. The first-order valence-corrected chi connectivity index (χ1v) is 16.4. The molecule has 2 amide bonds. The number of carbonyl (C=O) groups excluding carboxylic acids is 2. The summed E-state index contributed by atoms with van der Waals surface area (Å²) in [5, 5.41) is 20.8. The van der Waals surface area contributed by atoms with Gasteiger partial charge in [-0.2, -0.15) is 5.10 Å². The van der Waals surface area contributed by atoms with Crippen LogP contribution in [0.5, 0.6) is 5.75 Å². The second-order valence-electron chi connectivity index (χ2n) is 10.6. The second-order valence-corrected chi connectivity index (χ2v) is 12.5. The van der Waals surface area contributed by atoms with Crippen LogP contribution in [0, 0.1) is 6.92 Å². The summed E-state index contributed by atoms with van der Waals surface area (Å²) in [6.07, 6.45) is 0.654. The first-order chi connectivity index (χ1) is 22.0. The summed E-state index contributed by atoms with van der Waals surface area (Å²) >= 11 is 2.94. The third-order valence-electron chi connectivity index (χ3n) is 7.47. The molecule has 0 saturated carbocycles. The van der Waals surface area contributed by atoms with E-state index in [2.05, 4.69) is 46.7 Å². The van der Waals surface area contributed by atoms with Crippen LogP contribution < -0.4 is 10.1 Å². The van der Waals surface area contributed by atoms with Crippen LogP contribution in [0.3, 0.4) is 0 Å². The summed E-state index contributed by atoms with van der Waals surface area (Å²) in [6, 6.07) is 29.1. The molecule has 45 heavy (non-hydrogen) atoms. The summed E-state index contributed by atoms with van der Waals surface area (Å²) in [7, 11) is 1.56. The Morgan fingerprint density at radius 3 is 2.58 bits per heavy atom. The Labute approximate surface area is 270 Å². The van der Waals surface area contributed by atoms with Gasteiger partial charge in [0, 0.05) is 12.0 Å². The predicted molar refractivity (Wildman–Crippen MR) is 177 cm³/mol. The van der Waals surface area contributed by atoms with Crippen molar-refractivity contribution in [1.82, 2.24) is 25.1 Å². The molecule has 9 nitrogen and oxygen atoms in total. The van der Waals surface area contributed by atoms with E-state index in [1.807, 2.05) is 52.4 Å². The van der Waals surface area contributed by atoms with Crippen molar-refractivity contribution in [2.45, 2.75) is 37.6 Å². The van der Waals surface area contributed by atoms with Crippen LogP contribution in [0.4, 0.5) is 0 Å². The number of nitrogens with zero attached hydrogens (tertiary/aromatic N) is 5. The zero-order valence-electron chi connectivity index (χ0n) is 24.9. The number of rotatable bonds is 11. The van der Waals surface area contributed by atoms with Gasteiger partial charge in [0.25, 0.3) is 11.8 Å². The molecule has 228 valence electrons. The Bertz CT molecular complexity index is 1800. The number of benzene rings is 3. The van der Waals surface area contributed by atoms with Crippen molar-refractivity contribution in [1.29, 1.82) is 0 Å². The lowest BCUT2D eigenvalue weighted by Gasteiger charge is -2.22. The minimum atomic E-state index is -0.247. The van der Waals surface area contributed by atoms with E-state index in [-0.39, 0.29) is 30.2 Å². The largest absolute Gasteiger partial charge is 0.497 e. The van der Waals surface area contributed by atoms with Crippen LogP contribution in [0.15, 0.2) is 107 Å². The molecule has 5 aromatic rings. The molecule has 1 aliphatic rings. The molecule has 11 heteroatoms. The van der Waals surface area contributed by atoms with Crippen molar-refractivity contribution in [3.05, 3.63) is 129 Å². The van der Waals surface area contributed by atoms with E-state index in [9.17, 15) is 9.59 Å². The molecule has 0 aliphatic carbocycles. The maximum atomic E-state index is 13.8. The van der Waals surface area contributed by atoms with Gasteiger partial charge in [0.05, 0.1) is 42.6 Å². The van der Waals surface area contributed by atoms with Gasteiger partial charge in [-0.1, -0.05) is 84.1 Å². The van der Waals surface area contributed by atoms with Crippen LogP contribution in [-0.4, -0.2) is 50.2 Å². The Kier molecular flexibility index (Phi) is 9.37. The van der Waals surface area contributed by atoms with Gasteiger partial charge < -0.3 is 14.6 Å². The normalized spacial score (nSPS) is 14.3. The number of amides is 2. The van der Waals surface area contributed by atoms with E-state index in [1.54, 1.807) is 47.7 Å². The van der Waals surface area contributed by atoms with Gasteiger partial charge in [-0.05, 0) is 47.7 Å². The van der Waals surface area contributed by atoms with Crippen molar-refractivity contribution in [2.75, 3.05) is 12.9 Å². The van der Waals surface area contributed by atoms with E-state index in [0.29, 0.717) is 35.3 Å². The standard InChI is InChI=1S/C34H32N6O3S2/c1-23-13-15-25(16-14-23)29-19-28(30-12-7-17-44-30)38-40(29)32(41)22-45-34-37-36-31(39(34)21-24-8-4-3-5-9-24)20-35-33(42)26-10-6-11-27(18-26)43-2/h3-18,29H,19-22H2,1-2H3,(H,35,42)/t29-/m1/s1. The Morgan fingerprint density at radius 1 is 1.00 bits per heavy atom. The first-order valence-electron chi connectivity index (χ1n) is 14.5. The van der Waals surface area contributed by atoms with Crippen LogP contribution >= 0.6 is 23.1 Å². The van der Waals surface area contributed by atoms with Crippen molar-refractivity contribution in [3.63, 3.8) is 0 Å². The molecule has 1 aliphatic heterocycles. The van der Waals surface area contributed by atoms with E-state index in [0.717, 1.165) is 27.3 Å². The van der Waals surface area contributed by atoms with Gasteiger partial charge in [0.15, 0.2) is 11.0 Å². The lowest BCUT2D eigenvalue weighted by Crippen LogP contribution is -2.28. The highest BCUT2D eigenvalue weighted by atomic mass is 32.2. The highest BCUT2D eigenvalue weighted by Crippen LogP contribution is 2.35. The molecule has 3 aromatic carbocycles. The minimum Gasteiger partial charge on any atom is -0.497 e. The third-order valence-corrected chi connectivity index (χ3v) is 9.34. The van der Waals surface area contributed by atoms with Gasteiger partial charge in [-0.15, -0.1) is 21.5 Å². The number of hydrogen-bond acceptors (Lipinski definition) is 8. The minimum absolute atomic E-state index is 0.112. The molecule has 6 rings (SSSR count). The summed E-state index contributed by atoms with van der Waals surface area (Å²) in [4.78, 5) is 27.7. The van der Waals surface area contributed by atoms with E-state index < -0.39 is 0 Å². The monoisotopic (exact) mass is 636 g/mol. The smallest absolute Gasteiger partial charge is 0.253 e. The Hall–Kier alpha value is -4.74. The molecule has 0 unspecified atom stereocenters. The van der Waals surface area contributed by atoms with E-state index in [4.69, 9.17) is 9.84 Å². The maximum absolute atomic E-state index is 13.8. The summed E-state index contributed by atoms with van der Waals surface area (Å²) in [5.41, 5.74) is 4.67. The lowest BCUT2D eigenvalue weighted by molar-refractivity contribution is -0.130. The number of aromatic nitrogens is 3. The number of ether oxygens (including phenoxy) is 1. The molecule has 0 saturated heterocycles. The molecule has 0 spiro atoms. The zero-order chi connectivity index (χ0) is 31.2. The van der Waals surface area contributed by atoms with Crippen LogP contribution in [0.1, 0.15) is 50.2 Å². The van der Waals surface area contributed by atoms with Gasteiger partial charge >= 0.3 is 0 Å². The van der Waals surface area contributed by atoms with Crippen LogP contribution in [-0.2, 0) is 17.9 Å². The van der Waals surface area contributed by atoms with Crippen molar-refractivity contribution in [2.24, 2.45) is 5.10 Å². The number of hydrogen-bond donors (Lipinski definition) is 1. The molecular weight excluding hydrogens is 605 g/mol. The maximum Gasteiger partial charge on any atom is 0.253 e. The predicted octanol–water partition coefficient (Wildman–Crippen LogP) is 6.10. The fourth-order valence-electron chi connectivity index (χ4n) is 5.08. The van der Waals surface area contributed by atoms with Gasteiger partial charge in [0.2, 0.25) is 0 Å². The summed E-state index contributed by atoms with van der Waals surface area (Å²) < 4.78 is 7.20. The van der Waals surface area contributed by atoms with Crippen LogP contribution in [0.2, 0.25) is 0 Å². The number of nitrogens with one attached hydrogen (secondary N) is 1. The molecule has 1 N–H and O–H groups in total. The second kappa shape index (κ2) is 13.9. The molecule has 0 radical (unpaired) electrons. The zero-order valence-corrected chi connectivity index (χ0v) is 26.6. The summed E-state index contributed by atoms with van der Waals surface area (Å²) in [6.45, 7) is 2.71. The lowest BCUT2D eigenvalue weighted by atomic mass is 10.00. The van der Waals surface area contributed by atoms with Crippen molar-refractivity contribution in [3.8, 4) is 5.75 Å². The number of thioether (sulfide) groups is 1. The van der Waals surface area contributed by atoms with E-state index >= 15 is 0 Å². The highest BCUT2D eigenvalue weighted by Gasteiger charge is 2.33. The highest BCUT2D eigenvalue weighted by molar-refractivity contribution is 7.99. The summed E-state index contributed by atoms with van der Waals surface area (Å²) in [5.74, 6) is 0.962. The quantitative estimate of drug-likeness (QED) is 0.176. The first kappa shape index (κ1) is 30.3. The van der Waals surface area contributed by atoms with Crippen LogP contribution in [0.25, 0.3) is 0 Å².